The molecule has 1 nitrogen and oxygen atoms in total. The lowest BCUT2D eigenvalue weighted by atomic mass is 10.2. The molecule has 0 N–H and O–H groups in total. The maximum Gasteiger partial charge on any atom is 0.0385 e. The third-order valence-corrected chi connectivity index (χ3v) is 1.02. The molecule has 0 heterocycles. The van der Waals surface area contributed by atoms with E-state index in [0.717, 1.165) is 6.54 Å². The molecule has 0 aromatic carbocycles. The van der Waals surface area contributed by atoms with Crippen molar-refractivity contribution in [3.63, 3.8) is 0 Å². The number of hydrogen-bond donors (Lipinski definition) is 0. The molecule has 0 aliphatic rings. The molecule has 0 fully saturated rings. The van der Waals surface area contributed by atoms with Crippen LogP contribution in [0.5, 0.6) is 0 Å². The van der Waals surface area contributed by atoms with Crippen molar-refractivity contribution in [1.29, 1.82) is 0 Å². The van der Waals surface area contributed by atoms with Gasteiger partial charge in [0.15, 0.2) is 0 Å². The molecule has 0 aliphatic carbocycles. The summed E-state index contributed by atoms with van der Waals surface area (Å²) >= 11 is 0. The van der Waals surface area contributed by atoms with Gasteiger partial charge in [-0.3, -0.25) is 4.99 Å². The quantitative estimate of drug-likeness (QED) is 0.390. The minimum absolute atomic E-state index is 0.956. The Hall–Kier alpha value is -0.330. The maximum absolute atomic E-state index is 3.97. The van der Waals surface area contributed by atoms with E-state index in [9.17, 15) is 0 Å². The summed E-state index contributed by atoms with van der Waals surface area (Å²) in [4.78, 5) is 3.97. The fourth-order valence-corrected chi connectivity index (χ4v) is 0.544. The molecule has 0 unspecified atom stereocenters. The number of hydrogen-bond acceptors (Lipinski definition) is 1. The molecular weight excluding hydrogens is 98.1 g/mol. The standard InChI is InChI=1S/C7H14N/c1-3-5-6-7-8-4-2/h4H,2-3,5-7H2,1H3. The van der Waals surface area contributed by atoms with Crippen LogP contribution in [0, 0.1) is 6.92 Å². The average molecular weight is 112 g/mol. The summed E-state index contributed by atoms with van der Waals surface area (Å²) in [6.07, 6.45) is 5.39. The second kappa shape index (κ2) is 6.67. The van der Waals surface area contributed by atoms with Gasteiger partial charge in [0.1, 0.15) is 0 Å². The number of nitrogens with zero attached hydrogens (tertiary/aromatic N) is 1. The normalized spacial score (nSPS) is 10.8. The van der Waals surface area contributed by atoms with Crippen LogP contribution < -0.4 is 0 Å². The zero-order chi connectivity index (χ0) is 6.24. The van der Waals surface area contributed by atoms with Crippen molar-refractivity contribution < 1.29 is 0 Å². The second-order valence-corrected chi connectivity index (χ2v) is 1.80. The van der Waals surface area contributed by atoms with Gasteiger partial charge in [-0.2, -0.15) is 0 Å². The van der Waals surface area contributed by atoms with Crippen molar-refractivity contribution in [3.05, 3.63) is 6.92 Å². The van der Waals surface area contributed by atoms with Gasteiger partial charge in [0.25, 0.3) is 0 Å². The second-order valence-electron chi connectivity index (χ2n) is 1.80. The van der Waals surface area contributed by atoms with Crippen molar-refractivity contribution in [2.24, 2.45) is 4.99 Å². The van der Waals surface area contributed by atoms with Crippen LogP contribution in [0.2, 0.25) is 0 Å². The molecule has 8 heavy (non-hydrogen) atoms. The molecule has 1 heteroatoms. The zero-order valence-electron chi connectivity index (χ0n) is 5.56. The average Bonchev–Trinajstić information content (AvgIpc) is 1.81. The van der Waals surface area contributed by atoms with Crippen LogP contribution in [0.3, 0.4) is 0 Å². The Labute approximate surface area is 51.8 Å². The fraction of sp³-hybridized carbons (Fsp3) is 0.714. The van der Waals surface area contributed by atoms with Gasteiger partial charge in [-0.15, -0.1) is 0 Å². The molecule has 0 bridgehead atoms. The highest BCUT2D eigenvalue weighted by Crippen LogP contribution is 1.92. The van der Waals surface area contributed by atoms with Crippen LogP contribution in [0.4, 0.5) is 0 Å². The van der Waals surface area contributed by atoms with E-state index in [1.165, 1.54) is 19.3 Å². The van der Waals surface area contributed by atoms with Crippen LogP contribution in [-0.4, -0.2) is 12.8 Å². The van der Waals surface area contributed by atoms with Crippen molar-refractivity contribution in [3.8, 4) is 0 Å². The van der Waals surface area contributed by atoms with Gasteiger partial charge in [-0.05, 0) is 19.6 Å². The summed E-state index contributed by atoms with van der Waals surface area (Å²) in [5.74, 6) is 0. The third-order valence-electron chi connectivity index (χ3n) is 1.02. The van der Waals surface area contributed by atoms with Gasteiger partial charge in [0.2, 0.25) is 0 Å². The van der Waals surface area contributed by atoms with E-state index in [2.05, 4.69) is 18.8 Å². The van der Waals surface area contributed by atoms with Crippen LogP contribution in [0.15, 0.2) is 4.99 Å². The summed E-state index contributed by atoms with van der Waals surface area (Å²) in [5.41, 5.74) is 0. The molecule has 47 valence electrons. The minimum Gasteiger partial charge on any atom is -0.298 e. The van der Waals surface area contributed by atoms with E-state index >= 15 is 0 Å². The van der Waals surface area contributed by atoms with E-state index in [1.54, 1.807) is 6.21 Å². The molecule has 0 saturated carbocycles. The van der Waals surface area contributed by atoms with Crippen molar-refractivity contribution in [2.75, 3.05) is 6.54 Å². The Balaban J connectivity index is 2.72. The summed E-state index contributed by atoms with van der Waals surface area (Å²) < 4.78 is 0. The first kappa shape index (κ1) is 7.67. The fourth-order valence-electron chi connectivity index (χ4n) is 0.544. The Morgan fingerprint density at radius 1 is 1.50 bits per heavy atom. The molecule has 0 saturated heterocycles. The lowest BCUT2D eigenvalue weighted by molar-refractivity contribution is 0.729. The molecule has 0 rings (SSSR count). The van der Waals surface area contributed by atoms with Gasteiger partial charge in [0.05, 0.1) is 0 Å². The maximum atomic E-state index is 3.97. The van der Waals surface area contributed by atoms with E-state index in [0.29, 0.717) is 0 Å². The highest BCUT2D eigenvalue weighted by atomic mass is 14.7. The predicted octanol–water partition coefficient (Wildman–Crippen LogP) is 2.08. The summed E-state index contributed by atoms with van der Waals surface area (Å²) in [5, 5.41) is 0. The molecule has 0 aromatic heterocycles. The van der Waals surface area contributed by atoms with Crippen LogP contribution in [-0.2, 0) is 0 Å². The SMILES string of the molecule is [CH2]C=NCCCCC. The van der Waals surface area contributed by atoms with Gasteiger partial charge < -0.3 is 0 Å². The first-order valence-electron chi connectivity index (χ1n) is 3.19. The molecule has 0 aromatic rings. The lowest BCUT2D eigenvalue weighted by Crippen LogP contribution is -1.79. The van der Waals surface area contributed by atoms with Crippen molar-refractivity contribution in [1.82, 2.24) is 0 Å². The highest BCUT2D eigenvalue weighted by Gasteiger charge is 1.79. The van der Waals surface area contributed by atoms with Crippen molar-refractivity contribution in [2.45, 2.75) is 26.2 Å². The van der Waals surface area contributed by atoms with E-state index in [1.807, 2.05) is 0 Å². The monoisotopic (exact) mass is 112 g/mol. The van der Waals surface area contributed by atoms with E-state index < -0.39 is 0 Å². The summed E-state index contributed by atoms with van der Waals surface area (Å²) in [6, 6.07) is 0. The van der Waals surface area contributed by atoms with Crippen LogP contribution in [0.1, 0.15) is 26.2 Å². The third kappa shape index (κ3) is 5.67. The Bertz CT molecular complexity index is 57.4. The minimum atomic E-state index is 0.956. The molecule has 1 radical (unpaired) electrons. The Kier molecular flexibility index (Phi) is 6.39. The molecule has 0 spiro atoms. The number of aliphatic imine (C=N–C) groups is 1. The number of unbranched alkanes of at least 4 members (excludes halogenated alkanes) is 2. The van der Waals surface area contributed by atoms with Crippen molar-refractivity contribution >= 4 is 6.21 Å². The van der Waals surface area contributed by atoms with Gasteiger partial charge in [0, 0.05) is 6.54 Å². The molecule has 0 amide bonds. The molecular formula is C7H14N. The highest BCUT2D eigenvalue weighted by molar-refractivity contribution is 5.61. The first-order chi connectivity index (χ1) is 3.91. The van der Waals surface area contributed by atoms with Gasteiger partial charge in [-0.1, -0.05) is 19.8 Å². The predicted molar refractivity (Wildman–Crippen MR) is 38.2 cm³/mol. The summed E-state index contributed by atoms with van der Waals surface area (Å²) in [6.45, 7) is 6.64. The Morgan fingerprint density at radius 3 is 2.75 bits per heavy atom. The number of rotatable bonds is 4. The summed E-state index contributed by atoms with van der Waals surface area (Å²) in [7, 11) is 0. The molecule has 0 atom stereocenters. The molecule has 0 aliphatic heterocycles. The zero-order valence-corrected chi connectivity index (χ0v) is 5.56. The van der Waals surface area contributed by atoms with Crippen LogP contribution in [0.25, 0.3) is 0 Å². The largest absolute Gasteiger partial charge is 0.298 e. The van der Waals surface area contributed by atoms with Gasteiger partial charge >= 0.3 is 0 Å². The smallest absolute Gasteiger partial charge is 0.0385 e. The van der Waals surface area contributed by atoms with Crippen LogP contribution >= 0.6 is 0 Å². The Morgan fingerprint density at radius 2 is 2.25 bits per heavy atom. The first-order valence-corrected chi connectivity index (χ1v) is 3.19. The van der Waals surface area contributed by atoms with Gasteiger partial charge in [-0.25, -0.2) is 0 Å². The van der Waals surface area contributed by atoms with E-state index in [4.69, 9.17) is 0 Å². The lowest BCUT2D eigenvalue weighted by Gasteiger charge is -1.89. The topological polar surface area (TPSA) is 12.4 Å². The van der Waals surface area contributed by atoms with E-state index in [-0.39, 0.29) is 0 Å².